The molecule has 3 aromatic rings. The molecule has 0 bridgehead atoms. The van der Waals surface area contributed by atoms with E-state index in [0.717, 1.165) is 28.3 Å². The summed E-state index contributed by atoms with van der Waals surface area (Å²) in [4.78, 5) is 25.2. The topological polar surface area (TPSA) is 64.6 Å². The summed E-state index contributed by atoms with van der Waals surface area (Å²) in [6.45, 7) is 2.63. The first-order chi connectivity index (χ1) is 13.7. The summed E-state index contributed by atoms with van der Waals surface area (Å²) in [7, 11) is 0. The average Bonchev–Trinajstić information content (AvgIpc) is 3.38. The maximum atomic E-state index is 12.7. The highest BCUT2D eigenvalue weighted by Crippen LogP contribution is 2.37. The van der Waals surface area contributed by atoms with Gasteiger partial charge in [-0.3, -0.25) is 4.79 Å². The molecule has 1 N–H and O–H groups in total. The first kappa shape index (κ1) is 18.7. The quantitative estimate of drug-likeness (QED) is 0.627. The van der Waals surface area contributed by atoms with Gasteiger partial charge in [-0.25, -0.2) is 4.79 Å². The number of benzene rings is 2. The molecule has 2 aromatic carbocycles. The zero-order valence-electron chi connectivity index (χ0n) is 15.6. The van der Waals surface area contributed by atoms with Gasteiger partial charge in [-0.2, -0.15) is 0 Å². The van der Waals surface area contributed by atoms with Crippen molar-refractivity contribution in [2.75, 3.05) is 18.5 Å². The molecule has 4 rings (SSSR count). The summed E-state index contributed by atoms with van der Waals surface area (Å²) >= 11 is 1.33. The first-order valence-corrected chi connectivity index (χ1v) is 10.3. The van der Waals surface area contributed by atoms with Crippen molar-refractivity contribution in [2.45, 2.75) is 25.9 Å². The molecule has 1 fully saturated rings. The van der Waals surface area contributed by atoms with E-state index < -0.39 is 12.1 Å². The Hall–Kier alpha value is -2.70. The molecule has 1 aliphatic heterocycles. The van der Waals surface area contributed by atoms with E-state index in [9.17, 15) is 9.59 Å². The molecule has 28 heavy (non-hydrogen) atoms. The first-order valence-electron chi connectivity index (χ1n) is 9.37. The van der Waals surface area contributed by atoms with Gasteiger partial charge in [-0.05, 0) is 42.2 Å². The Kier molecular flexibility index (Phi) is 5.41. The van der Waals surface area contributed by atoms with Crippen molar-refractivity contribution in [3.8, 4) is 11.1 Å². The normalized spacial score (nSPS) is 16.2. The lowest BCUT2D eigenvalue weighted by Crippen LogP contribution is -2.27. The Morgan fingerprint density at radius 3 is 2.79 bits per heavy atom. The third-order valence-electron chi connectivity index (χ3n) is 4.79. The van der Waals surface area contributed by atoms with Crippen LogP contribution in [0.4, 0.5) is 5.00 Å². The smallest absolute Gasteiger partial charge is 0.341 e. The summed E-state index contributed by atoms with van der Waals surface area (Å²) in [5.41, 5.74) is 2.07. The number of fused-ring (bicyclic) bond motifs is 1. The van der Waals surface area contributed by atoms with Crippen LogP contribution in [0.15, 0.2) is 47.8 Å². The van der Waals surface area contributed by atoms with E-state index in [1.807, 2.05) is 47.8 Å². The predicted octanol–water partition coefficient (Wildman–Crippen LogP) is 4.86. The largest absolute Gasteiger partial charge is 0.462 e. The molecule has 5 nitrogen and oxygen atoms in total. The van der Waals surface area contributed by atoms with Crippen molar-refractivity contribution >= 4 is 39.0 Å². The van der Waals surface area contributed by atoms with E-state index >= 15 is 0 Å². The third-order valence-corrected chi connectivity index (χ3v) is 5.69. The van der Waals surface area contributed by atoms with E-state index in [-0.39, 0.29) is 12.5 Å². The average molecular weight is 395 g/mol. The summed E-state index contributed by atoms with van der Waals surface area (Å²) in [5.74, 6) is -0.649. The summed E-state index contributed by atoms with van der Waals surface area (Å²) in [5, 5.41) is 7.48. The number of thiophene rings is 1. The van der Waals surface area contributed by atoms with Crippen LogP contribution in [0.3, 0.4) is 0 Å². The molecule has 1 aromatic heterocycles. The summed E-state index contributed by atoms with van der Waals surface area (Å²) in [6.07, 6.45) is 1.11. The Bertz CT molecular complexity index is 1020. The van der Waals surface area contributed by atoms with Crippen LogP contribution in [-0.2, 0) is 14.3 Å². The van der Waals surface area contributed by atoms with Gasteiger partial charge in [-0.15, -0.1) is 11.3 Å². The molecule has 1 saturated heterocycles. The van der Waals surface area contributed by atoms with E-state index in [1.54, 1.807) is 6.92 Å². The number of carbonyl (C=O) groups is 2. The lowest BCUT2D eigenvalue weighted by atomic mass is 10.00. The van der Waals surface area contributed by atoms with Gasteiger partial charge in [0.2, 0.25) is 0 Å². The minimum atomic E-state index is -0.457. The highest BCUT2D eigenvalue weighted by Gasteiger charge is 2.27. The maximum absolute atomic E-state index is 12.7. The zero-order valence-corrected chi connectivity index (χ0v) is 16.4. The Morgan fingerprint density at radius 1 is 1.21 bits per heavy atom. The second-order valence-corrected chi connectivity index (χ2v) is 7.51. The summed E-state index contributed by atoms with van der Waals surface area (Å²) < 4.78 is 10.7. The maximum Gasteiger partial charge on any atom is 0.341 e. The molecule has 0 aliphatic carbocycles. The number of hydrogen-bond acceptors (Lipinski definition) is 5. The molecule has 0 saturated carbocycles. The van der Waals surface area contributed by atoms with Gasteiger partial charge in [-0.1, -0.05) is 36.4 Å². The van der Waals surface area contributed by atoms with Gasteiger partial charge in [0, 0.05) is 17.6 Å². The Labute approximate surface area is 167 Å². The second kappa shape index (κ2) is 8.12. The molecule has 0 radical (unpaired) electrons. The number of carbonyl (C=O) groups excluding carboxylic acids is 2. The zero-order chi connectivity index (χ0) is 19.5. The van der Waals surface area contributed by atoms with E-state index in [1.165, 1.54) is 11.3 Å². The Balaban J connectivity index is 1.72. The number of anilines is 1. The highest BCUT2D eigenvalue weighted by molar-refractivity contribution is 7.15. The molecule has 2 heterocycles. The molecule has 0 spiro atoms. The van der Waals surface area contributed by atoms with Crippen LogP contribution in [-0.4, -0.2) is 31.2 Å². The minimum Gasteiger partial charge on any atom is -0.462 e. The van der Waals surface area contributed by atoms with Crippen molar-refractivity contribution in [1.29, 1.82) is 0 Å². The number of hydrogen-bond donors (Lipinski definition) is 1. The van der Waals surface area contributed by atoms with Gasteiger partial charge in [0.1, 0.15) is 16.7 Å². The molecule has 0 unspecified atom stereocenters. The SMILES string of the molecule is CCOC(=O)c1c(-c2ccc3ccccc3c2)csc1NC(=O)[C@H]1CCCO1. The van der Waals surface area contributed by atoms with Crippen molar-refractivity contribution in [3.63, 3.8) is 0 Å². The van der Waals surface area contributed by atoms with Crippen molar-refractivity contribution in [2.24, 2.45) is 0 Å². The van der Waals surface area contributed by atoms with Crippen LogP contribution in [0.5, 0.6) is 0 Å². The van der Waals surface area contributed by atoms with Gasteiger partial charge in [0.15, 0.2) is 0 Å². The van der Waals surface area contributed by atoms with E-state index in [2.05, 4.69) is 5.32 Å². The van der Waals surface area contributed by atoms with E-state index in [0.29, 0.717) is 23.6 Å². The van der Waals surface area contributed by atoms with Crippen LogP contribution >= 0.6 is 11.3 Å². The number of nitrogens with one attached hydrogen (secondary N) is 1. The fraction of sp³-hybridized carbons (Fsp3) is 0.273. The van der Waals surface area contributed by atoms with Gasteiger partial charge < -0.3 is 14.8 Å². The summed E-state index contributed by atoms with van der Waals surface area (Å²) in [6, 6.07) is 14.1. The standard InChI is InChI=1S/C22H21NO4S/c1-2-26-22(25)19-17(16-10-9-14-6-3-4-7-15(14)12-16)13-28-21(19)23-20(24)18-8-5-11-27-18/h3-4,6-7,9-10,12-13,18H,2,5,8,11H2,1H3,(H,23,24)/t18-/m1/s1. The fourth-order valence-corrected chi connectivity index (χ4v) is 4.36. The lowest BCUT2D eigenvalue weighted by molar-refractivity contribution is -0.124. The van der Waals surface area contributed by atoms with Gasteiger partial charge >= 0.3 is 5.97 Å². The third kappa shape index (κ3) is 3.66. The number of ether oxygens (including phenoxy) is 2. The van der Waals surface area contributed by atoms with E-state index in [4.69, 9.17) is 9.47 Å². The molecular formula is C22H21NO4S. The highest BCUT2D eigenvalue weighted by atomic mass is 32.1. The van der Waals surface area contributed by atoms with Crippen LogP contribution in [0.2, 0.25) is 0 Å². The van der Waals surface area contributed by atoms with Gasteiger partial charge in [0.05, 0.1) is 6.61 Å². The van der Waals surface area contributed by atoms with Gasteiger partial charge in [0.25, 0.3) is 5.91 Å². The Morgan fingerprint density at radius 2 is 2.04 bits per heavy atom. The van der Waals surface area contributed by atoms with Crippen LogP contribution in [0.1, 0.15) is 30.1 Å². The van der Waals surface area contributed by atoms with Crippen LogP contribution in [0, 0.1) is 0 Å². The molecule has 6 heteroatoms. The molecule has 1 atom stereocenters. The second-order valence-electron chi connectivity index (χ2n) is 6.63. The van der Waals surface area contributed by atoms with Crippen molar-refractivity contribution < 1.29 is 19.1 Å². The molecule has 144 valence electrons. The predicted molar refractivity (Wildman–Crippen MR) is 111 cm³/mol. The van der Waals surface area contributed by atoms with Crippen LogP contribution in [0.25, 0.3) is 21.9 Å². The molecule has 1 amide bonds. The lowest BCUT2D eigenvalue weighted by Gasteiger charge is -2.12. The monoisotopic (exact) mass is 395 g/mol. The molecule has 1 aliphatic rings. The number of amides is 1. The van der Waals surface area contributed by atoms with Crippen LogP contribution < -0.4 is 5.32 Å². The van der Waals surface area contributed by atoms with Crippen molar-refractivity contribution in [3.05, 3.63) is 53.4 Å². The van der Waals surface area contributed by atoms with Crippen molar-refractivity contribution in [1.82, 2.24) is 0 Å². The number of esters is 1. The number of rotatable bonds is 5. The fourth-order valence-electron chi connectivity index (χ4n) is 3.40. The molecular weight excluding hydrogens is 374 g/mol. The minimum absolute atomic E-state index is 0.213.